The van der Waals surface area contributed by atoms with Crippen molar-refractivity contribution < 1.29 is 28.9 Å². The molecule has 0 unspecified atom stereocenters. The Balaban J connectivity index is 2.94. The number of nitro groups is 1. The van der Waals surface area contributed by atoms with Crippen LogP contribution in [0.3, 0.4) is 0 Å². The molecule has 0 saturated heterocycles. The molecule has 0 heterocycles. The number of nitro benzene ring substituents is 1. The van der Waals surface area contributed by atoms with Crippen LogP contribution in [0.4, 0.5) is 5.69 Å². The van der Waals surface area contributed by atoms with Gasteiger partial charge in [-0.3, -0.25) is 39.1 Å². The Labute approximate surface area is 238 Å². The quantitative estimate of drug-likeness (QED) is 0.133. The zero-order valence-electron chi connectivity index (χ0n) is 23.8. The molecule has 0 radical (unpaired) electrons. The predicted molar refractivity (Wildman–Crippen MR) is 149 cm³/mol. The summed E-state index contributed by atoms with van der Waals surface area (Å²) in [5.41, 5.74) is -0.169. The molecule has 40 heavy (non-hydrogen) atoms. The van der Waals surface area contributed by atoms with Crippen LogP contribution >= 0.6 is 11.9 Å². The number of carbonyl (C=O) groups is 5. The zero-order chi connectivity index (χ0) is 30.6. The molecule has 4 N–H and O–H groups in total. The van der Waals surface area contributed by atoms with Crippen molar-refractivity contribution in [2.45, 2.75) is 70.5 Å². The Morgan fingerprint density at radius 2 is 1.55 bits per heavy atom. The summed E-state index contributed by atoms with van der Waals surface area (Å²) in [5, 5.41) is 20.1. The van der Waals surface area contributed by atoms with Crippen molar-refractivity contribution in [3.63, 3.8) is 0 Å². The second kappa shape index (κ2) is 16.4. The van der Waals surface area contributed by atoms with Gasteiger partial charge in [-0.25, -0.2) is 0 Å². The highest BCUT2D eigenvalue weighted by atomic mass is 32.2. The predicted octanol–water partition coefficient (Wildman–Crippen LogP) is 0.974. The summed E-state index contributed by atoms with van der Waals surface area (Å²) in [7, 11) is 3.14. The van der Waals surface area contributed by atoms with Crippen molar-refractivity contribution in [3.8, 4) is 0 Å². The molecule has 0 fully saturated rings. The lowest BCUT2D eigenvalue weighted by Gasteiger charge is -2.27. The van der Waals surface area contributed by atoms with Crippen LogP contribution in [-0.4, -0.2) is 83.1 Å². The first-order valence-corrected chi connectivity index (χ1v) is 13.5. The Morgan fingerprint density at radius 3 is 2.10 bits per heavy atom. The molecule has 15 heteroatoms. The Bertz CT molecular complexity index is 1080. The number of amides is 5. The molecule has 14 nitrogen and oxygen atoms in total. The minimum absolute atomic E-state index is 0.0449. The zero-order valence-corrected chi connectivity index (χ0v) is 24.7. The molecule has 1 aromatic rings. The fourth-order valence-corrected chi connectivity index (χ4v) is 4.18. The maximum absolute atomic E-state index is 13.2. The SMILES string of the molecule is CC(=O)N[C@@H](CC(C)C)C(=O)N[C@@H](C)C(=O)N[C@H](C)C(=O)N(CCC(=O)N(C)C)NSc1ccccc1[N+](=O)[O-]. The van der Waals surface area contributed by atoms with Crippen LogP contribution in [0.2, 0.25) is 0 Å². The molecule has 1 rings (SSSR count). The molecule has 0 aliphatic heterocycles. The van der Waals surface area contributed by atoms with Crippen molar-refractivity contribution in [1.29, 1.82) is 0 Å². The molecule has 0 saturated carbocycles. The van der Waals surface area contributed by atoms with Crippen LogP contribution in [0.15, 0.2) is 29.2 Å². The number of hydrogen-bond donors (Lipinski definition) is 4. The standard InChI is InChI=1S/C25H39N7O7S/c1-15(2)14-19(28-18(5)33)24(36)26-16(3)23(35)27-17(4)25(37)31(13-12-22(34)30(6)7)29-40-21-11-9-8-10-20(21)32(38)39/h8-11,15-17,19,29H,12-14H2,1-7H3,(H,26,36)(H,27,35)(H,28,33)/t16-,17+,19-/m0/s1. The monoisotopic (exact) mass is 581 g/mol. The van der Waals surface area contributed by atoms with Crippen LogP contribution in [0.5, 0.6) is 0 Å². The molecule has 0 bridgehead atoms. The van der Waals surface area contributed by atoms with E-state index in [1.807, 2.05) is 13.8 Å². The Hall–Kier alpha value is -3.72. The molecule has 0 aliphatic rings. The number of hydrazine groups is 1. The third-order valence-corrected chi connectivity index (χ3v) is 6.40. The van der Waals surface area contributed by atoms with E-state index in [0.29, 0.717) is 6.42 Å². The summed E-state index contributed by atoms with van der Waals surface area (Å²) in [6, 6.07) is 3.02. The third kappa shape index (κ3) is 11.6. The molecular weight excluding hydrogens is 542 g/mol. The number of carbonyl (C=O) groups excluding carboxylic acids is 5. The highest BCUT2D eigenvalue weighted by Crippen LogP contribution is 2.26. The maximum atomic E-state index is 13.2. The van der Waals surface area contributed by atoms with E-state index in [0.717, 1.165) is 17.0 Å². The van der Waals surface area contributed by atoms with Crippen molar-refractivity contribution in [2.24, 2.45) is 5.92 Å². The Morgan fingerprint density at radius 1 is 0.950 bits per heavy atom. The lowest BCUT2D eigenvalue weighted by atomic mass is 10.0. The first-order chi connectivity index (χ1) is 18.6. The van der Waals surface area contributed by atoms with E-state index >= 15 is 0 Å². The fraction of sp³-hybridized carbons (Fsp3) is 0.560. The molecule has 1 aromatic carbocycles. The average molecular weight is 582 g/mol. The second-order valence-electron chi connectivity index (χ2n) is 9.79. The lowest BCUT2D eigenvalue weighted by Crippen LogP contribution is -2.56. The molecule has 3 atom stereocenters. The first-order valence-electron chi connectivity index (χ1n) is 12.7. The van der Waals surface area contributed by atoms with Crippen molar-refractivity contribution >= 4 is 47.2 Å². The van der Waals surface area contributed by atoms with Crippen molar-refractivity contribution in [3.05, 3.63) is 34.4 Å². The number of rotatable bonds is 15. The van der Waals surface area contributed by atoms with Gasteiger partial charge in [0.05, 0.1) is 4.92 Å². The Kier molecular flexibility index (Phi) is 14.1. The molecule has 0 aromatic heterocycles. The summed E-state index contributed by atoms with van der Waals surface area (Å²) < 4.78 is 0. The van der Waals surface area contributed by atoms with Crippen LogP contribution < -0.4 is 20.8 Å². The van der Waals surface area contributed by atoms with Gasteiger partial charge in [-0.15, -0.1) is 0 Å². The van der Waals surface area contributed by atoms with E-state index in [-0.39, 0.29) is 41.3 Å². The number of para-hydroxylation sites is 1. The summed E-state index contributed by atoms with van der Waals surface area (Å²) in [5.74, 6) is -2.31. The summed E-state index contributed by atoms with van der Waals surface area (Å²) in [6.45, 7) is 7.89. The van der Waals surface area contributed by atoms with Gasteiger partial charge in [0.1, 0.15) is 23.0 Å². The van der Waals surface area contributed by atoms with E-state index in [2.05, 4.69) is 20.8 Å². The largest absolute Gasteiger partial charge is 0.349 e. The molecule has 0 aliphatic carbocycles. The number of nitrogens with one attached hydrogen (secondary N) is 4. The van der Waals surface area contributed by atoms with Gasteiger partial charge in [-0.05, 0) is 44.2 Å². The number of nitrogens with zero attached hydrogens (tertiary/aromatic N) is 3. The van der Waals surface area contributed by atoms with E-state index in [4.69, 9.17) is 0 Å². The summed E-state index contributed by atoms with van der Waals surface area (Å²) in [6.07, 6.45) is 0.328. The van der Waals surface area contributed by atoms with Gasteiger partial charge in [0.2, 0.25) is 23.6 Å². The van der Waals surface area contributed by atoms with Gasteiger partial charge in [0, 0.05) is 40.1 Å². The topological polar surface area (TPSA) is 183 Å². The molecule has 0 spiro atoms. The molecule has 5 amide bonds. The van der Waals surface area contributed by atoms with Crippen LogP contribution in [-0.2, 0) is 24.0 Å². The minimum atomic E-state index is -1.08. The highest BCUT2D eigenvalue weighted by molar-refractivity contribution is 7.97. The van der Waals surface area contributed by atoms with Gasteiger partial charge in [0.15, 0.2) is 0 Å². The van der Waals surface area contributed by atoms with Gasteiger partial charge >= 0.3 is 0 Å². The van der Waals surface area contributed by atoms with E-state index < -0.39 is 40.8 Å². The lowest BCUT2D eigenvalue weighted by molar-refractivity contribution is -0.387. The van der Waals surface area contributed by atoms with Gasteiger partial charge in [0.25, 0.3) is 11.6 Å². The average Bonchev–Trinajstić information content (AvgIpc) is 2.86. The normalized spacial score (nSPS) is 13.0. The van der Waals surface area contributed by atoms with E-state index in [1.54, 1.807) is 20.2 Å². The minimum Gasteiger partial charge on any atom is -0.349 e. The van der Waals surface area contributed by atoms with Gasteiger partial charge < -0.3 is 20.9 Å². The summed E-state index contributed by atoms with van der Waals surface area (Å²) >= 11 is 0.820. The smallest absolute Gasteiger partial charge is 0.284 e. The van der Waals surface area contributed by atoms with Crippen LogP contribution in [0, 0.1) is 16.0 Å². The van der Waals surface area contributed by atoms with Crippen LogP contribution in [0.25, 0.3) is 0 Å². The first kappa shape index (κ1) is 34.3. The van der Waals surface area contributed by atoms with Gasteiger partial charge in [-0.2, -0.15) is 4.83 Å². The number of hydrogen-bond acceptors (Lipinski definition) is 9. The van der Waals surface area contributed by atoms with Crippen molar-refractivity contribution in [2.75, 3.05) is 20.6 Å². The highest BCUT2D eigenvalue weighted by Gasteiger charge is 2.28. The third-order valence-electron chi connectivity index (χ3n) is 5.52. The summed E-state index contributed by atoms with van der Waals surface area (Å²) in [4.78, 5) is 77.5. The van der Waals surface area contributed by atoms with Crippen molar-refractivity contribution in [1.82, 2.24) is 30.7 Å². The second-order valence-corrected chi connectivity index (χ2v) is 10.6. The molecule has 222 valence electrons. The van der Waals surface area contributed by atoms with E-state index in [9.17, 15) is 34.1 Å². The van der Waals surface area contributed by atoms with Gasteiger partial charge in [-0.1, -0.05) is 26.0 Å². The molecular formula is C25H39N7O7S. The van der Waals surface area contributed by atoms with E-state index in [1.165, 1.54) is 43.9 Å². The fourth-order valence-electron chi connectivity index (χ4n) is 3.39. The van der Waals surface area contributed by atoms with Crippen LogP contribution in [0.1, 0.15) is 47.5 Å². The maximum Gasteiger partial charge on any atom is 0.284 e. The number of benzene rings is 1.